The van der Waals surface area contributed by atoms with Gasteiger partial charge in [-0.1, -0.05) is 24.1 Å². The first-order valence-electron chi connectivity index (χ1n) is 6.95. The van der Waals surface area contributed by atoms with Crippen LogP contribution in [0.3, 0.4) is 0 Å². The summed E-state index contributed by atoms with van der Waals surface area (Å²) in [7, 11) is 1.58. The fourth-order valence-corrected chi connectivity index (χ4v) is 2.93. The van der Waals surface area contributed by atoms with Crippen molar-refractivity contribution in [2.75, 3.05) is 7.11 Å². The Morgan fingerprint density at radius 2 is 2.24 bits per heavy atom. The van der Waals surface area contributed by atoms with E-state index in [1.807, 2.05) is 12.1 Å². The Labute approximate surface area is 136 Å². The van der Waals surface area contributed by atoms with E-state index in [1.54, 1.807) is 13.2 Å². The molecule has 2 atom stereocenters. The van der Waals surface area contributed by atoms with Crippen LogP contribution in [0.4, 0.5) is 0 Å². The highest BCUT2D eigenvalue weighted by Gasteiger charge is 2.25. The number of amides is 1. The van der Waals surface area contributed by atoms with Crippen LogP contribution >= 0.6 is 24.0 Å². The van der Waals surface area contributed by atoms with Gasteiger partial charge in [-0.15, -0.1) is 12.4 Å². The number of hydrogen-bond donors (Lipinski definition) is 2. The zero-order chi connectivity index (χ0) is 14.5. The Morgan fingerprint density at radius 1 is 1.48 bits per heavy atom. The topological polar surface area (TPSA) is 64.3 Å². The molecule has 0 saturated heterocycles. The molecule has 1 fully saturated rings. The smallest absolute Gasteiger partial charge is 0.220 e. The summed E-state index contributed by atoms with van der Waals surface area (Å²) in [5, 5.41) is 3.47. The van der Waals surface area contributed by atoms with Gasteiger partial charge in [0.2, 0.25) is 5.91 Å². The van der Waals surface area contributed by atoms with Gasteiger partial charge >= 0.3 is 0 Å². The molecule has 0 aromatic heterocycles. The molecule has 1 aromatic carbocycles. The zero-order valence-electron chi connectivity index (χ0n) is 12.1. The highest BCUT2D eigenvalue weighted by atomic mass is 35.5. The van der Waals surface area contributed by atoms with Gasteiger partial charge in [0, 0.05) is 19.0 Å². The van der Waals surface area contributed by atoms with Crippen molar-refractivity contribution in [1.82, 2.24) is 5.32 Å². The molecular weight excluding hydrogens is 311 g/mol. The van der Waals surface area contributed by atoms with E-state index < -0.39 is 0 Å². The van der Waals surface area contributed by atoms with Gasteiger partial charge in [0.1, 0.15) is 5.75 Å². The van der Waals surface area contributed by atoms with Gasteiger partial charge in [0.05, 0.1) is 12.1 Å². The molecular formula is C15H22Cl2N2O2. The standard InChI is InChI=1S/C15H21ClN2O2.ClH/c1-20-14-6-5-10(7-12(14)16)9-18-15(19)8-11-3-2-4-13(11)17;/h5-7,11,13H,2-4,8-9,17H2,1H3,(H,18,19);1H/t11-,13+;/m0./s1. The van der Waals surface area contributed by atoms with Crippen molar-refractivity contribution >= 4 is 29.9 Å². The SMILES string of the molecule is COc1ccc(CNC(=O)C[C@@H]2CCC[C@H]2N)cc1Cl.Cl. The highest BCUT2D eigenvalue weighted by Crippen LogP contribution is 2.27. The minimum absolute atomic E-state index is 0. The molecule has 0 bridgehead atoms. The normalized spacial score (nSPS) is 20.7. The highest BCUT2D eigenvalue weighted by molar-refractivity contribution is 6.32. The number of benzene rings is 1. The summed E-state index contributed by atoms with van der Waals surface area (Å²) in [5.74, 6) is 1.02. The van der Waals surface area contributed by atoms with Crippen LogP contribution in [0.1, 0.15) is 31.2 Å². The summed E-state index contributed by atoms with van der Waals surface area (Å²) in [5.41, 5.74) is 6.93. The number of ether oxygens (including phenoxy) is 1. The third kappa shape index (κ3) is 5.06. The number of nitrogens with one attached hydrogen (secondary N) is 1. The molecule has 21 heavy (non-hydrogen) atoms. The van der Waals surface area contributed by atoms with Crippen LogP contribution < -0.4 is 15.8 Å². The van der Waals surface area contributed by atoms with Gasteiger partial charge in [0.15, 0.2) is 0 Å². The molecule has 1 amide bonds. The zero-order valence-corrected chi connectivity index (χ0v) is 13.7. The molecule has 118 valence electrons. The van der Waals surface area contributed by atoms with Crippen molar-refractivity contribution in [3.63, 3.8) is 0 Å². The molecule has 0 radical (unpaired) electrons. The lowest BCUT2D eigenvalue weighted by Gasteiger charge is -2.15. The first-order valence-corrected chi connectivity index (χ1v) is 7.32. The Bertz CT molecular complexity index is 483. The van der Waals surface area contributed by atoms with Crippen LogP contribution in [0.5, 0.6) is 5.75 Å². The maximum Gasteiger partial charge on any atom is 0.220 e. The molecule has 0 heterocycles. The van der Waals surface area contributed by atoms with Crippen LogP contribution in [-0.2, 0) is 11.3 Å². The second-order valence-corrected chi connectivity index (χ2v) is 5.71. The quantitative estimate of drug-likeness (QED) is 0.871. The summed E-state index contributed by atoms with van der Waals surface area (Å²) < 4.78 is 5.09. The van der Waals surface area contributed by atoms with E-state index in [0.717, 1.165) is 24.8 Å². The van der Waals surface area contributed by atoms with Crippen molar-refractivity contribution in [1.29, 1.82) is 0 Å². The molecule has 3 N–H and O–H groups in total. The third-order valence-electron chi connectivity index (χ3n) is 3.87. The third-order valence-corrected chi connectivity index (χ3v) is 4.17. The number of nitrogens with two attached hydrogens (primary N) is 1. The van der Waals surface area contributed by atoms with E-state index in [4.69, 9.17) is 22.1 Å². The minimum Gasteiger partial charge on any atom is -0.495 e. The van der Waals surface area contributed by atoms with Crippen LogP contribution in [-0.4, -0.2) is 19.1 Å². The monoisotopic (exact) mass is 332 g/mol. The molecule has 1 aliphatic rings. The lowest BCUT2D eigenvalue weighted by molar-refractivity contribution is -0.122. The fourth-order valence-electron chi connectivity index (χ4n) is 2.65. The lowest BCUT2D eigenvalue weighted by atomic mass is 10.00. The summed E-state index contributed by atoms with van der Waals surface area (Å²) >= 11 is 6.05. The molecule has 0 unspecified atom stereocenters. The van der Waals surface area contributed by atoms with Crippen molar-refractivity contribution in [2.45, 2.75) is 38.3 Å². The lowest BCUT2D eigenvalue weighted by Crippen LogP contribution is -2.31. The van der Waals surface area contributed by atoms with Gasteiger partial charge in [0.25, 0.3) is 0 Å². The van der Waals surface area contributed by atoms with Gasteiger partial charge in [-0.25, -0.2) is 0 Å². The number of carbonyl (C=O) groups excluding carboxylic acids is 1. The maximum absolute atomic E-state index is 11.9. The predicted molar refractivity (Wildman–Crippen MR) is 87.0 cm³/mol. The minimum atomic E-state index is 0. The van der Waals surface area contributed by atoms with Gasteiger partial charge < -0.3 is 15.8 Å². The largest absolute Gasteiger partial charge is 0.495 e. The molecule has 2 rings (SSSR count). The van der Waals surface area contributed by atoms with E-state index in [-0.39, 0.29) is 24.4 Å². The molecule has 1 aromatic rings. The molecule has 4 nitrogen and oxygen atoms in total. The fraction of sp³-hybridized carbons (Fsp3) is 0.533. The molecule has 0 spiro atoms. The van der Waals surface area contributed by atoms with Crippen LogP contribution in [0.2, 0.25) is 5.02 Å². The molecule has 6 heteroatoms. The van der Waals surface area contributed by atoms with Crippen LogP contribution in [0.15, 0.2) is 18.2 Å². The van der Waals surface area contributed by atoms with E-state index in [0.29, 0.717) is 29.7 Å². The van der Waals surface area contributed by atoms with E-state index in [1.165, 1.54) is 0 Å². The van der Waals surface area contributed by atoms with Crippen molar-refractivity contribution < 1.29 is 9.53 Å². The van der Waals surface area contributed by atoms with Gasteiger partial charge in [-0.05, 0) is 36.5 Å². The number of methoxy groups -OCH3 is 1. The molecule has 1 aliphatic carbocycles. The van der Waals surface area contributed by atoms with E-state index in [2.05, 4.69) is 5.32 Å². The number of hydrogen-bond acceptors (Lipinski definition) is 3. The van der Waals surface area contributed by atoms with Gasteiger partial charge in [-0.3, -0.25) is 4.79 Å². The predicted octanol–water partition coefficient (Wildman–Crippen LogP) is 2.90. The Kier molecular flexibility index (Phi) is 7.29. The first kappa shape index (κ1) is 18.1. The first-order chi connectivity index (χ1) is 9.60. The number of carbonyl (C=O) groups is 1. The second kappa shape index (κ2) is 8.47. The molecule has 0 aliphatic heterocycles. The second-order valence-electron chi connectivity index (χ2n) is 5.30. The van der Waals surface area contributed by atoms with Crippen LogP contribution in [0.25, 0.3) is 0 Å². The average molecular weight is 333 g/mol. The molecule has 1 saturated carbocycles. The average Bonchev–Trinajstić information content (AvgIpc) is 2.82. The summed E-state index contributed by atoms with van der Waals surface area (Å²) in [6.07, 6.45) is 3.74. The Balaban J connectivity index is 0.00000220. The van der Waals surface area contributed by atoms with Gasteiger partial charge in [-0.2, -0.15) is 0 Å². The van der Waals surface area contributed by atoms with Crippen LogP contribution in [0, 0.1) is 5.92 Å². The van der Waals surface area contributed by atoms with E-state index in [9.17, 15) is 4.79 Å². The van der Waals surface area contributed by atoms with E-state index >= 15 is 0 Å². The summed E-state index contributed by atoms with van der Waals surface area (Å²) in [6.45, 7) is 0.477. The van der Waals surface area contributed by atoms with Crippen molar-refractivity contribution in [2.24, 2.45) is 11.7 Å². The number of halogens is 2. The van der Waals surface area contributed by atoms with Crippen molar-refractivity contribution in [3.05, 3.63) is 28.8 Å². The van der Waals surface area contributed by atoms with Crippen molar-refractivity contribution in [3.8, 4) is 5.75 Å². The Morgan fingerprint density at radius 3 is 2.81 bits per heavy atom. The maximum atomic E-state index is 11.9. The summed E-state index contributed by atoms with van der Waals surface area (Å²) in [4.78, 5) is 11.9. The number of rotatable bonds is 5. The Hall–Kier alpha value is -0.970. The summed E-state index contributed by atoms with van der Waals surface area (Å²) in [6, 6.07) is 5.68.